The molecular weight excluding hydrogens is 298 g/mol. The molecule has 3 nitrogen and oxygen atoms in total. The molecule has 3 heteroatoms. The summed E-state index contributed by atoms with van der Waals surface area (Å²) in [5.41, 5.74) is 7.26. The molecule has 128 valence electrons. The average molecular weight is 325 g/mol. The molecule has 0 heterocycles. The first kappa shape index (κ1) is 14.8. The summed E-state index contributed by atoms with van der Waals surface area (Å²) < 4.78 is 6.35. The van der Waals surface area contributed by atoms with Gasteiger partial charge in [0.15, 0.2) is 0 Å². The molecule has 1 amide bonds. The molecule has 5 aliphatic carbocycles. The van der Waals surface area contributed by atoms with Crippen LogP contribution in [0.1, 0.15) is 66.8 Å². The number of carbonyl (C=O) groups is 1. The minimum atomic E-state index is -0.343. The Morgan fingerprint density at radius 3 is 2.29 bits per heavy atom. The Labute approximate surface area is 143 Å². The van der Waals surface area contributed by atoms with Crippen LogP contribution >= 0.6 is 0 Å². The van der Waals surface area contributed by atoms with Gasteiger partial charge in [0, 0.05) is 5.56 Å². The summed E-state index contributed by atoms with van der Waals surface area (Å²) >= 11 is 0. The van der Waals surface area contributed by atoms with E-state index in [1.807, 2.05) is 18.2 Å². The van der Waals surface area contributed by atoms with Crippen LogP contribution in [-0.2, 0) is 0 Å². The van der Waals surface area contributed by atoms with Gasteiger partial charge in [-0.15, -0.1) is 0 Å². The third kappa shape index (κ3) is 2.53. The van der Waals surface area contributed by atoms with Crippen molar-refractivity contribution in [1.82, 2.24) is 0 Å². The highest BCUT2D eigenvalue weighted by Gasteiger charge is 2.48. The smallest absolute Gasteiger partial charge is 0.248 e. The second kappa shape index (κ2) is 5.50. The fraction of sp³-hybridized carbons (Fsp3) is 0.667. The predicted molar refractivity (Wildman–Crippen MR) is 93.0 cm³/mol. The summed E-state index contributed by atoms with van der Waals surface area (Å²) in [6, 6.07) is 5.76. The van der Waals surface area contributed by atoms with Gasteiger partial charge in [-0.1, -0.05) is 0 Å². The first-order chi connectivity index (χ1) is 11.7. The number of hydrogen-bond acceptors (Lipinski definition) is 2. The molecule has 0 saturated heterocycles. The number of ether oxygens (including phenoxy) is 1. The number of hydrogen-bond donors (Lipinski definition) is 1. The van der Waals surface area contributed by atoms with Crippen molar-refractivity contribution >= 4 is 5.91 Å². The summed E-state index contributed by atoms with van der Waals surface area (Å²) in [5, 5.41) is 0. The van der Waals surface area contributed by atoms with Gasteiger partial charge in [-0.05, 0) is 104 Å². The zero-order valence-corrected chi connectivity index (χ0v) is 14.2. The van der Waals surface area contributed by atoms with Crippen LogP contribution in [-0.4, -0.2) is 12.5 Å². The molecule has 1 aromatic carbocycles. The molecule has 2 N–H and O–H groups in total. The van der Waals surface area contributed by atoms with E-state index in [1.54, 1.807) is 0 Å². The van der Waals surface area contributed by atoms with Crippen molar-refractivity contribution in [3.8, 4) is 5.75 Å². The van der Waals surface area contributed by atoms with Crippen molar-refractivity contribution in [3.63, 3.8) is 0 Å². The fourth-order valence-electron chi connectivity index (χ4n) is 6.04. The fourth-order valence-corrected chi connectivity index (χ4v) is 6.04. The van der Waals surface area contributed by atoms with Gasteiger partial charge >= 0.3 is 0 Å². The molecule has 4 bridgehead atoms. The number of carbonyl (C=O) groups excluding carboxylic acids is 1. The summed E-state index contributed by atoms with van der Waals surface area (Å²) in [6.07, 6.45) is 9.68. The molecule has 24 heavy (non-hydrogen) atoms. The highest BCUT2D eigenvalue weighted by Crippen LogP contribution is 2.56. The minimum Gasteiger partial charge on any atom is -0.493 e. The molecule has 5 saturated carbocycles. The topological polar surface area (TPSA) is 52.3 Å². The third-order valence-corrected chi connectivity index (χ3v) is 7.16. The third-order valence-electron chi connectivity index (χ3n) is 7.16. The summed E-state index contributed by atoms with van der Waals surface area (Å²) in [7, 11) is 0. The molecule has 5 aliphatic rings. The Balaban J connectivity index is 1.32. The number of nitrogens with two attached hydrogens (primary N) is 1. The van der Waals surface area contributed by atoms with E-state index < -0.39 is 0 Å². The van der Waals surface area contributed by atoms with Crippen molar-refractivity contribution in [3.05, 3.63) is 29.3 Å². The quantitative estimate of drug-likeness (QED) is 0.885. The summed E-state index contributed by atoms with van der Waals surface area (Å²) in [5.74, 6) is 5.80. The Morgan fingerprint density at radius 1 is 1.04 bits per heavy atom. The molecule has 0 spiro atoms. The lowest BCUT2D eigenvalue weighted by molar-refractivity contribution is -0.0530. The summed E-state index contributed by atoms with van der Waals surface area (Å²) in [4.78, 5) is 11.5. The lowest BCUT2D eigenvalue weighted by Gasteiger charge is -2.54. The zero-order valence-electron chi connectivity index (χ0n) is 14.2. The van der Waals surface area contributed by atoms with Gasteiger partial charge in [0.05, 0.1) is 6.61 Å². The van der Waals surface area contributed by atoms with Crippen LogP contribution in [0.15, 0.2) is 18.2 Å². The number of rotatable bonds is 5. The highest BCUT2D eigenvalue weighted by atomic mass is 16.5. The van der Waals surface area contributed by atoms with Crippen molar-refractivity contribution in [2.24, 2.45) is 35.3 Å². The minimum absolute atomic E-state index is 0.343. The maximum Gasteiger partial charge on any atom is 0.248 e. The van der Waals surface area contributed by atoms with Crippen LogP contribution in [0.4, 0.5) is 0 Å². The van der Waals surface area contributed by atoms with Gasteiger partial charge in [0.2, 0.25) is 5.91 Å². The molecule has 0 aliphatic heterocycles. The normalized spacial score (nSPS) is 36.8. The van der Waals surface area contributed by atoms with Gasteiger partial charge in [0.1, 0.15) is 5.75 Å². The van der Waals surface area contributed by atoms with Gasteiger partial charge in [-0.2, -0.15) is 0 Å². The van der Waals surface area contributed by atoms with Crippen molar-refractivity contribution in [2.45, 2.75) is 50.9 Å². The maximum atomic E-state index is 11.5. The second-order valence-electron chi connectivity index (χ2n) is 8.80. The Kier molecular flexibility index (Phi) is 3.39. The van der Waals surface area contributed by atoms with Gasteiger partial charge in [0.25, 0.3) is 0 Å². The molecule has 1 aromatic rings. The molecule has 0 atom stereocenters. The second-order valence-corrected chi connectivity index (χ2v) is 8.80. The van der Waals surface area contributed by atoms with Crippen LogP contribution in [0.25, 0.3) is 0 Å². The standard InChI is InChI=1S/C21H27NO2/c22-21(23)15-3-4-20(18(10-15)14-1-2-14)24-11-19-16-6-12-5-13(8-16)9-17(19)7-12/h3-4,10,12-14,16-17,19H,1-2,5-9,11H2,(H2,22,23). The monoisotopic (exact) mass is 325 g/mol. The largest absolute Gasteiger partial charge is 0.493 e. The molecule has 6 rings (SSSR count). The lowest BCUT2D eigenvalue weighted by atomic mass is 9.52. The number of benzene rings is 1. The van der Waals surface area contributed by atoms with Crippen LogP contribution in [0.5, 0.6) is 5.75 Å². The van der Waals surface area contributed by atoms with E-state index in [2.05, 4.69) is 0 Å². The first-order valence-electron chi connectivity index (χ1n) is 9.74. The van der Waals surface area contributed by atoms with E-state index in [0.29, 0.717) is 11.5 Å². The average Bonchev–Trinajstić information content (AvgIpc) is 3.38. The van der Waals surface area contributed by atoms with Gasteiger partial charge in [-0.25, -0.2) is 0 Å². The van der Waals surface area contributed by atoms with E-state index >= 15 is 0 Å². The predicted octanol–water partition coefficient (Wildman–Crippen LogP) is 4.11. The van der Waals surface area contributed by atoms with Crippen LogP contribution in [0, 0.1) is 29.6 Å². The molecule has 0 aromatic heterocycles. The van der Waals surface area contributed by atoms with Crippen LogP contribution in [0.2, 0.25) is 0 Å². The van der Waals surface area contributed by atoms with Crippen molar-refractivity contribution in [2.75, 3.05) is 6.61 Å². The van der Waals surface area contributed by atoms with Crippen molar-refractivity contribution in [1.29, 1.82) is 0 Å². The molecule has 5 fully saturated rings. The first-order valence-corrected chi connectivity index (χ1v) is 9.74. The van der Waals surface area contributed by atoms with E-state index in [9.17, 15) is 4.79 Å². The summed E-state index contributed by atoms with van der Waals surface area (Å²) in [6.45, 7) is 0.865. The zero-order chi connectivity index (χ0) is 16.3. The van der Waals surface area contributed by atoms with Crippen LogP contribution < -0.4 is 10.5 Å². The molecular formula is C21H27NO2. The molecule has 0 unspecified atom stereocenters. The number of primary amides is 1. The van der Waals surface area contributed by atoms with E-state index in [0.717, 1.165) is 41.9 Å². The maximum absolute atomic E-state index is 11.5. The van der Waals surface area contributed by atoms with Gasteiger partial charge in [-0.3, -0.25) is 4.79 Å². The Hall–Kier alpha value is -1.51. The van der Waals surface area contributed by atoms with Gasteiger partial charge < -0.3 is 10.5 Å². The lowest BCUT2D eigenvalue weighted by Crippen LogP contribution is -2.47. The number of amides is 1. The Bertz CT molecular complexity index is 636. The van der Waals surface area contributed by atoms with E-state index in [4.69, 9.17) is 10.5 Å². The Morgan fingerprint density at radius 2 is 1.71 bits per heavy atom. The van der Waals surface area contributed by atoms with Crippen molar-refractivity contribution < 1.29 is 9.53 Å². The molecule has 0 radical (unpaired) electrons. The van der Waals surface area contributed by atoms with E-state index in [1.165, 1.54) is 50.5 Å². The SMILES string of the molecule is NC(=O)c1ccc(OCC2C3CC4CC(C3)CC2C4)c(C2CC2)c1. The highest BCUT2D eigenvalue weighted by molar-refractivity contribution is 5.93. The van der Waals surface area contributed by atoms with E-state index in [-0.39, 0.29) is 5.91 Å². The van der Waals surface area contributed by atoms with Crippen LogP contribution in [0.3, 0.4) is 0 Å².